The normalized spacial score (nSPS) is 18.8. The Bertz CT molecular complexity index is 646. The summed E-state index contributed by atoms with van der Waals surface area (Å²) in [5.41, 5.74) is 0.537. The second kappa shape index (κ2) is 7.33. The van der Waals surface area contributed by atoms with Crippen molar-refractivity contribution in [2.45, 2.75) is 26.3 Å². The van der Waals surface area contributed by atoms with Crippen molar-refractivity contribution in [1.29, 1.82) is 0 Å². The first-order valence-corrected chi connectivity index (χ1v) is 8.62. The minimum atomic E-state index is -0.584. The lowest BCUT2D eigenvalue weighted by molar-refractivity contribution is -0.169. The quantitative estimate of drug-likeness (QED) is 0.746. The molecule has 2 aliphatic heterocycles. The molecule has 25 heavy (non-hydrogen) atoms. The van der Waals surface area contributed by atoms with Gasteiger partial charge in [0.15, 0.2) is 0 Å². The monoisotopic (exact) mass is 345 g/mol. The lowest BCUT2D eigenvalue weighted by atomic mass is 10.1. The van der Waals surface area contributed by atoms with Crippen LogP contribution in [0.15, 0.2) is 24.3 Å². The van der Waals surface area contributed by atoms with E-state index in [0.717, 1.165) is 26.2 Å². The average Bonchev–Trinajstić information content (AvgIpc) is 2.86. The summed E-state index contributed by atoms with van der Waals surface area (Å²) in [6, 6.07) is 6.98. The van der Waals surface area contributed by atoms with E-state index >= 15 is 0 Å². The van der Waals surface area contributed by atoms with Crippen molar-refractivity contribution in [3.05, 3.63) is 35.4 Å². The van der Waals surface area contributed by atoms with Crippen molar-refractivity contribution in [2.24, 2.45) is 0 Å². The first-order chi connectivity index (χ1) is 12.0. The molecule has 0 saturated carbocycles. The fraction of sp³-hybridized carbons (Fsp3) is 0.500. The van der Waals surface area contributed by atoms with Gasteiger partial charge in [0, 0.05) is 38.8 Å². The van der Waals surface area contributed by atoms with E-state index in [1.807, 2.05) is 0 Å². The predicted octanol–water partition coefficient (Wildman–Crippen LogP) is 1.16. The van der Waals surface area contributed by atoms with Crippen molar-refractivity contribution < 1.29 is 19.2 Å². The molecule has 0 bridgehead atoms. The van der Waals surface area contributed by atoms with Crippen molar-refractivity contribution in [1.82, 2.24) is 14.9 Å². The molecule has 0 radical (unpaired) electrons. The maximum Gasteiger partial charge on any atom is 0.334 e. The second-order valence-corrected chi connectivity index (χ2v) is 6.63. The molecule has 7 heteroatoms. The topological polar surface area (TPSA) is 70.2 Å². The molecule has 1 aromatic carbocycles. The molecule has 0 aromatic heterocycles. The Morgan fingerprint density at radius 1 is 1.04 bits per heavy atom. The molecule has 0 N–H and O–H groups in total. The Balaban J connectivity index is 1.48. The zero-order valence-electron chi connectivity index (χ0n) is 14.6. The molecule has 7 nitrogen and oxygen atoms in total. The number of nitrogens with zero attached hydrogens (tertiary/aromatic N) is 3. The third kappa shape index (κ3) is 3.72. The Labute approximate surface area is 147 Å². The summed E-state index contributed by atoms with van der Waals surface area (Å²) < 4.78 is 0. The molecule has 0 spiro atoms. The number of benzene rings is 1. The Morgan fingerprint density at radius 2 is 1.60 bits per heavy atom. The molecular formula is C18H23N3O4. The van der Waals surface area contributed by atoms with Gasteiger partial charge in [-0.25, -0.2) is 4.79 Å². The molecule has 2 aliphatic rings. The number of rotatable bonds is 5. The van der Waals surface area contributed by atoms with Crippen molar-refractivity contribution in [2.75, 3.05) is 32.7 Å². The van der Waals surface area contributed by atoms with E-state index in [1.165, 1.54) is 0 Å². The van der Waals surface area contributed by atoms with Gasteiger partial charge in [-0.05, 0) is 26.0 Å². The van der Waals surface area contributed by atoms with Gasteiger partial charge in [0.2, 0.25) is 0 Å². The highest BCUT2D eigenvalue weighted by molar-refractivity contribution is 6.20. The van der Waals surface area contributed by atoms with Crippen LogP contribution >= 0.6 is 0 Å². The fourth-order valence-electron chi connectivity index (χ4n) is 3.15. The number of amides is 2. The predicted molar refractivity (Wildman–Crippen MR) is 90.8 cm³/mol. The lowest BCUT2D eigenvalue weighted by Crippen LogP contribution is -2.49. The van der Waals surface area contributed by atoms with Crippen LogP contribution < -0.4 is 0 Å². The molecule has 0 unspecified atom stereocenters. The highest BCUT2D eigenvalue weighted by Gasteiger charge is 2.38. The van der Waals surface area contributed by atoms with E-state index in [-0.39, 0.29) is 17.5 Å². The first kappa shape index (κ1) is 17.6. The molecule has 0 aliphatic carbocycles. The van der Waals surface area contributed by atoms with E-state index in [1.54, 1.807) is 24.3 Å². The van der Waals surface area contributed by atoms with Crippen LogP contribution in [-0.2, 0) is 9.63 Å². The second-order valence-electron chi connectivity index (χ2n) is 6.63. The summed E-state index contributed by atoms with van der Waals surface area (Å²) in [5, 5.41) is 0.573. The molecule has 0 atom stereocenters. The standard InChI is InChI=1S/C18H23N3O4/c1-13(2)20-11-9-19(10-12-20)8-7-16(22)25-21-17(23)14-5-3-4-6-15(14)18(21)24/h3-6,13H,7-12H2,1-2H3. The van der Waals surface area contributed by atoms with Crippen molar-refractivity contribution in [3.63, 3.8) is 0 Å². The number of hydrogen-bond donors (Lipinski definition) is 0. The molecule has 2 amide bonds. The maximum absolute atomic E-state index is 12.2. The minimum Gasteiger partial charge on any atom is -0.330 e. The van der Waals surface area contributed by atoms with Gasteiger partial charge >= 0.3 is 5.97 Å². The minimum absolute atomic E-state index is 0.148. The third-order valence-corrected chi connectivity index (χ3v) is 4.72. The molecule has 134 valence electrons. The highest BCUT2D eigenvalue weighted by Crippen LogP contribution is 2.22. The number of hydrogen-bond acceptors (Lipinski definition) is 6. The number of carbonyl (C=O) groups is 3. The van der Waals surface area contributed by atoms with Crippen LogP contribution in [0.4, 0.5) is 0 Å². The van der Waals surface area contributed by atoms with E-state index in [9.17, 15) is 14.4 Å². The van der Waals surface area contributed by atoms with Crippen molar-refractivity contribution in [3.8, 4) is 0 Å². The maximum atomic E-state index is 12.2. The Kier molecular flexibility index (Phi) is 5.15. The van der Waals surface area contributed by atoms with Crippen LogP contribution in [0.5, 0.6) is 0 Å². The summed E-state index contributed by atoms with van der Waals surface area (Å²) in [5.74, 6) is -1.74. The van der Waals surface area contributed by atoms with Gasteiger partial charge < -0.3 is 9.74 Å². The van der Waals surface area contributed by atoms with Gasteiger partial charge in [0.25, 0.3) is 11.8 Å². The van der Waals surface area contributed by atoms with Gasteiger partial charge in [-0.15, -0.1) is 0 Å². The van der Waals surface area contributed by atoms with E-state index < -0.39 is 17.8 Å². The van der Waals surface area contributed by atoms with Gasteiger partial charge in [0.05, 0.1) is 17.5 Å². The third-order valence-electron chi connectivity index (χ3n) is 4.72. The summed E-state index contributed by atoms with van der Waals surface area (Å²) in [6.07, 6.45) is 0.148. The van der Waals surface area contributed by atoms with E-state index in [4.69, 9.17) is 4.84 Å². The smallest absolute Gasteiger partial charge is 0.330 e. The van der Waals surface area contributed by atoms with Crippen LogP contribution in [0.1, 0.15) is 41.0 Å². The average molecular weight is 345 g/mol. The van der Waals surface area contributed by atoms with E-state index in [2.05, 4.69) is 23.6 Å². The number of fused-ring (bicyclic) bond motifs is 1. The summed E-state index contributed by atoms with van der Waals surface area (Å²) in [7, 11) is 0. The summed E-state index contributed by atoms with van der Waals surface area (Å²) in [6.45, 7) is 8.67. The van der Waals surface area contributed by atoms with Crippen LogP contribution in [-0.4, -0.2) is 71.4 Å². The zero-order chi connectivity index (χ0) is 18.0. The van der Waals surface area contributed by atoms with Gasteiger partial charge in [-0.2, -0.15) is 0 Å². The Morgan fingerprint density at radius 3 is 2.12 bits per heavy atom. The van der Waals surface area contributed by atoms with Crippen molar-refractivity contribution >= 4 is 17.8 Å². The Hall–Kier alpha value is -2.25. The van der Waals surface area contributed by atoms with Gasteiger partial charge in [-0.3, -0.25) is 14.5 Å². The first-order valence-electron chi connectivity index (χ1n) is 8.62. The number of imide groups is 1. The number of piperazine rings is 1. The molecule has 1 aromatic rings. The van der Waals surface area contributed by atoms with E-state index in [0.29, 0.717) is 17.6 Å². The summed E-state index contributed by atoms with van der Waals surface area (Å²) >= 11 is 0. The molecule has 2 heterocycles. The van der Waals surface area contributed by atoms with Gasteiger partial charge in [-0.1, -0.05) is 17.2 Å². The molecule has 3 rings (SSSR count). The van der Waals surface area contributed by atoms with Crippen LogP contribution in [0.3, 0.4) is 0 Å². The largest absolute Gasteiger partial charge is 0.334 e. The van der Waals surface area contributed by atoms with Crippen LogP contribution in [0, 0.1) is 0 Å². The molecular weight excluding hydrogens is 322 g/mol. The summed E-state index contributed by atoms with van der Waals surface area (Å²) in [4.78, 5) is 46.0. The number of hydroxylamine groups is 2. The fourth-order valence-corrected chi connectivity index (χ4v) is 3.15. The van der Waals surface area contributed by atoms with Gasteiger partial charge in [0.1, 0.15) is 0 Å². The highest BCUT2D eigenvalue weighted by atomic mass is 16.7. The SMILES string of the molecule is CC(C)N1CCN(CCC(=O)ON2C(=O)c3ccccc3C2=O)CC1. The molecule has 1 fully saturated rings. The number of carbonyl (C=O) groups excluding carboxylic acids is 3. The van der Waals surface area contributed by atoms with Crippen LogP contribution in [0.25, 0.3) is 0 Å². The zero-order valence-corrected chi connectivity index (χ0v) is 14.6. The van der Waals surface area contributed by atoms with Crippen LogP contribution in [0.2, 0.25) is 0 Å². The lowest BCUT2D eigenvalue weighted by Gasteiger charge is -2.36. The molecule has 1 saturated heterocycles.